The summed E-state index contributed by atoms with van der Waals surface area (Å²) in [5.74, 6) is 0.840. The average molecular weight is 361 g/mol. The number of anilines is 1. The van der Waals surface area contributed by atoms with Crippen molar-refractivity contribution in [2.75, 3.05) is 38.2 Å². The molecule has 2 amide bonds. The lowest BCUT2D eigenvalue weighted by atomic mass is 10.0. The maximum Gasteiger partial charge on any atom is 0.410 e. The fraction of sp³-hybridized carbons (Fsp3) is 0.667. The molecular weight excluding hydrogens is 334 g/mol. The van der Waals surface area contributed by atoms with Crippen LogP contribution < -0.4 is 10.2 Å². The van der Waals surface area contributed by atoms with Crippen LogP contribution in [0.4, 0.5) is 10.6 Å². The number of piperidine rings is 1. The fourth-order valence-corrected chi connectivity index (χ4v) is 3.61. The molecule has 8 heteroatoms. The monoisotopic (exact) mass is 361 g/mol. The molecule has 8 nitrogen and oxygen atoms in total. The third-order valence-electron chi connectivity index (χ3n) is 5.03. The van der Waals surface area contributed by atoms with E-state index >= 15 is 0 Å². The van der Waals surface area contributed by atoms with Crippen LogP contribution in [0.3, 0.4) is 0 Å². The van der Waals surface area contributed by atoms with Crippen LogP contribution >= 0.6 is 0 Å². The van der Waals surface area contributed by atoms with Gasteiger partial charge >= 0.3 is 6.09 Å². The third-order valence-corrected chi connectivity index (χ3v) is 5.03. The zero-order chi connectivity index (χ0) is 18.4. The molecule has 0 radical (unpaired) electrons. The van der Waals surface area contributed by atoms with Gasteiger partial charge in [0.15, 0.2) is 0 Å². The lowest BCUT2D eigenvalue weighted by Gasteiger charge is -2.33. The topological polar surface area (TPSA) is 87.7 Å². The van der Waals surface area contributed by atoms with E-state index in [1.807, 2.05) is 6.07 Å². The first-order chi connectivity index (χ1) is 12.7. The molecule has 0 aliphatic carbocycles. The molecule has 1 N–H and O–H groups in total. The van der Waals surface area contributed by atoms with Gasteiger partial charge in [-0.05, 0) is 32.1 Å². The Kier molecular flexibility index (Phi) is 6.25. The van der Waals surface area contributed by atoms with Crippen LogP contribution in [-0.4, -0.2) is 66.2 Å². The predicted molar refractivity (Wildman–Crippen MR) is 96.9 cm³/mol. The Hall–Kier alpha value is -2.38. The SMILES string of the molecule is COC(=O)N1CCCC[C@H]1C(=O)NCCc1cc(N2CCCC2)ncn1. The smallest absolute Gasteiger partial charge is 0.410 e. The number of amides is 2. The Morgan fingerprint density at radius 1 is 1.19 bits per heavy atom. The minimum Gasteiger partial charge on any atom is -0.453 e. The van der Waals surface area contributed by atoms with Gasteiger partial charge in [0.25, 0.3) is 0 Å². The molecule has 1 aromatic heterocycles. The summed E-state index contributed by atoms with van der Waals surface area (Å²) in [6, 6.07) is 1.56. The second kappa shape index (κ2) is 8.82. The first-order valence-corrected chi connectivity index (χ1v) is 9.37. The zero-order valence-electron chi connectivity index (χ0n) is 15.3. The first-order valence-electron chi connectivity index (χ1n) is 9.37. The number of rotatable bonds is 5. The molecule has 142 valence electrons. The van der Waals surface area contributed by atoms with Crippen LogP contribution in [0.15, 0.2) is 12.4 Å². The minimum absolute atomic E-state index is 0.121. The number of methoxy groups -OCH3 is 1. The lowest BCUT2D eigenvalue weighted by Crippen LogP contribution is -2.52. The molecule has 2 saturated heterocycles. The van der Waals surface area contributed by atoms with Crippen LogP contribution in [-0.2, 0) is 16.0 Å². The zero-order valence-corrected chi connectivity index (χ0v) is 15.3. The van der Waals surface area contributed by atoms with E-state index in [4.69, 9.17) is 4.74 Å². The molecule has 2 fully saturated rings. The highest BCUT2D eigenvalue weighted by atomic mass is 16.5. The summed E-state index contributed by atoms with van der Waals surface area (Å²) in [6.45, 7) is 3.13. The van der Waals surface area contributed by atoms with Crippen LogP contribution in [0.2, 0.25) is 0 Å². The van der Waals surface area contributed by atoms with E-state index < -0.39 is 12.1 Å². The van der Waals surface area contributed by atoms with Crippen molar-refractivity contribution in [3.05, 3.63) is 18.1 Å². The Balaban J connectivity index is 1.51. The van der Waals surface area contributed by atoms with Gasteiger partial charge in [-0.15, -0.1) is 0 Å². The van der Waals surface area contributed by atoms with Crippen molar-refractivity contribution in [1.29, 1.82) is 0 Å². The molecule has 0 spiro atoms. The minimum atomic E-state index is -0.443. The number of hydrogen-bond donors (Lipinski definition) is 1. The summed E-state index contributed by atoms with van der Waals surface area (Å²) in [6.07, 6.45) is 6.71. The quantitative estimate of drug-likeness (QED) is 0.852. The maximum atomic E-state index is 12.5. The largest absolute Gasteiger partial charge is 0.453 e. The van der Waals surface area contributed by atoms with E-state index in [1.165, 1.54) is 24.9 Å². The van der Waals surface area contributed by atoms with Crippen molar-refractivity contribution in [2.45, 2.75) is 44.6 Å². The summed E-state index contributed by atoms with van der Waals surface area (Å²) < 4.78 is 4.79. The molecule has 1 aromatic rings. The van der Waals surface area contributed by atoms with E-state index in [0.717, 1.165) is 37.4 Å². The number of nitrogens with one attached hydrogen (secondary N) is 1. The molecule has 3 heterocycles. The van der Waals surface area contributed by atoms with E-state index in [0.29, 0.717) is 25.9 Å². The number of nitrogens with zero attached hydrogens (tertiary/aromatic N) is 4. The molecule has 0 unspecified atom stereocenters. The Labute approximate surface area is 153 Å². The Morgan fingerprint density at radius 2 is 1.96 bits per heavy atom. The first kappa shape index (κ1) is 18.4. The molecule has 26 heavy (non-hydrogen) atoms. The Bertz CT molecular complexity index is 633. The molecule has 1 atom stereocenters. The molecule has 0 bridgehead atoms. The van der Waals surface area contributed by atoms with E-state index in [2.05, 4.69) is 20.2 Å². The van der Waals surface area contributed by atoms with Gasteiger partial charge in [0, 0.05) is 44.4 Å². The van der Waals surface area contributed by atoms with E-state index in [-0.39, 0.29) is 5.91 Å². The normalized spacial score (nSPS) is 20.1. The molecule has 3 rings (SSSR count). The van der Waals surface area contributed by atoms with Crippen molar-refractivity contribution < 1.29 is 14.3 Å². The standard InChI is InChI=1S/C18H27N5O3/c1-26-18(25)23-11-3-2-6-15(23)17(24)19-8-7-14-12-16(21-13-20-14)22-9-4-5-10-22/h12-13,15H,2-11H2,1H3,(H,19,24)/t15-/m0/s1. The number of carbonyl (C=O) groups excluding carboxylic acids is 2. The number of ether oxygens (including phenoxy) is 1. The van der Waals surface area contributed by atoms with E-state index in [1.54, 1.807) is 6.33 Å². The van der Waals surface area contributed by atoms with Crippen molar-refractivity contribution in [2.24, 2.45) is 0 Å². The number of carbonyl (C=O) groups is 2. The van der Waals surface area contributed by atoms with Gasteiger partial charge in [0.05, 0.1) is 7.11 Å². The molecular formula is C18H27N5O3. The van der Waals surface area contributed by atoms with Crippen LogP contribution in [0.25, 0.3) is 0 Å². The van der Waals surface area contributed by atoms with Gasteiger partial charge in [0.1, 0.15) is 18.2 Å². The van der Waals surface area contributed by atoms with Crippen molar-refractivity contribution in [1.82, 2.24) is 20.2 Å². The summed E-state index contributed by atoms with van der Waals surface area (Å²) in [4.78, 5) is 36.8. The predicted octanol–water partition coefficient (Wildman–Crippen LogP) is 1.36. The fourth-order valence-electron chi connectivity index (χ4n) is 3.61. The third kappa shape index (κ3) is 4.42. The maximum absolute atomic E-state index is 12.5. The van der Waals surface area contributed by atoms with Crippen molar-refractivity contribution in [3.63, 3.8) is 0 Å². The molecule has 0 aromatic carbocycles. The number of hydrogen-bond acceptors (Lipinski definition) is 6. The number of aromatic nitrogens is 2. The van der Waals surface area contributed by atoms with Crippen LogP contribution in [0.5, 0.6) is 0 Å². The van der Waals surface area contributed by atoms with Crippen molar-refractivity contribution >= 4 is 17.8 Å². The summed E-state index contributed by atoms with van der Waals surface area (Å²) in [5.41, 5.74) is 0.913. The second-order valence-electron chi connectivity index (χ2n) is 6.78. The van der Waals surface area contributed by atoms with Gasteiger partial charge in [-0.2, -0.15) is 0 Å². The Morgan fingerprint density at radius 3 is 2.73 bits per heavy atom. The average Bonchev–Trinajstić information content (AvgIpc) is 3.22. The van der Waals surface area contributed by atoms with Gasteiger partial charge in [-0.1, -0.05) is 0 Å². The van der Waals surface area contributed by atoms with Gasteiger partial charge < -0.3 is 15.0 Å². The summed E-state index contributed by atoms with van der Waals surface area (Å²) >= 11 is 0. The van der Waals surface area contributed by atoms with Crippen LogP contribution in [0, 0.1) is 0 Å². The molecule has 2 aliphatic heterocycles. The van der Waals surface area contributed by atoms with Crippen LogP contribution in [0.1, 0.15) is 37.8 Å². The van der Waals surface area contributed by atoms with Gasteiger partial charge in [0.2, 0.25) is 5.91 Å². The lowest BCUT2D eigenvalue weighted by molar-refractivity contribution is -0.126. The highest BCUT2D eigenvalue weighted by Gasteiger charge is 2.32. The summed E-state index contributed by atoms with van der Waals surface area (Å²) in [7, 11) is 1.35. The number of likely N-dealkylation sites (tertiary alicyclic amines) is 1. The highest BCUT2D eigenvalue weighted by Crippen LogP contribution is 2.19. The molecule has 2 aliphatic rings. The van der Waals surface area contributed by atoms with E-state index in [9.17, 15) is 9.59 Å². The van der Waals surface area contributed by atoms with Crippen molar-refractivity contribution in [3.8, 4) is 0 Å². The van der Waals surface area contributed by atoms with Gasteiger partial charge in [-0.3, -0.25) is 9.69 Å². The summed E-state index contributed by atoms with van der Waals surface area (Å²) in [5, 5.41) is 2.94. The van der Waals surface area contributed by atoms with Gasteiger partial charge in [-0.25, -0.2) is 14.8 Å². The highest BCUT2D eigenvalue weighted by molar-refractivity contribution is 5.85. The second-order valence-corrected chi connectivity index (χ2v) is 6.78. The molecule has 0 saturated carbocycles.